The van der Waals surface area contributed by atoms with Gasteiger partial charge < -0.3 is 6.15 Å². The van der Waals surface area contributed by atoms with Gasteiger partial charge in [-0.2, -0.15) is 0 Å². The van der Waals surface area contributed by atoms with Gasteiger partial charge in [-0.05, 0) is 0 Å². The van der Waals surface area contributed by atoms with Crippen molar-refractivity contribution in [1.29, 1.82) is 31.6 Å². The first-order valence-corrected chi connectivity index (χ1v) is 1.55. The van der Waals surface area contributed by atoms with Crippen LogP contribution in [0.2, 0.25) is 0 Å². The maximum absolute atomic E-state index is 6.50. The Bertz CT molecular complexity index is 93.2. The molecule has 0 radical (unpaired) electrons. The Balaban J connectivity index is -0.00000000500. The summed E-state index contributed by atoms with van der Waals surface area (Å²) in [4.78, 5) is 0. The average molecular weight is 238 g/mol. The maximum atomic E-state index is 6.50. The standard InChI is InChI=1S/6CHN.H3N.Ni/c6*1-2;;/h6*1H;1H3;. The zero-order chi connectivity index (χ0) is 12.0. The molecule has 0 aliphatic carbocycles. The van der Waals surface area contributed by atoms with Crippen LogP contribution in [-0.2, 0) is 16.5 Å². The second-order valence-electron chi connectivity index (χ2n) is 0. The molecule has 0 spiro atoms. The fourth-order valence-electron chi connectivity index (χ4n) is 0. The van der Waals surface area contributed by atoms with E-state index in [4.69, 9.17) is 31.6 Å². The smallest absolute Gasteiger partial charge is 0.0462 e. The van der Waals surface area contributed by atoms with E-state index < -0.39 is 0 Å². The summed E-state index contributed by atoms with van der Waals surface area (Å²) >= 11 is 0. The summed E-state index contributed by atoms with van der Waals surface area (Å²) in [5.74, 6) is 0. The summed E-state index contributed by atoms with van der Waals surface area (Å²) in [5.41, 5.74) is 0. The van der Waals surface area contributed by atoms with Crippen LogP contribution in [0.5, 0.6) is 0 Å². The molecule has 0 aliphatic heterocycles. The third-order valence-corrected chi connectivity index (χ3v) is 0. The van der Waals surface area contributed by atoms with E-state index >= 15 is 0 Å². The van der Waals surface area contributed by atoms with Crippen molar-refractivity contribution in [3.63, 3.8) is 0 Å². The van der Waals surface area contributed by atoms with Crippen molar-refractivity contribution in [3.8, 4) is 39.4 Å². The quantitative estimate of drug-likeness (QED) is 0.610. The Labute approximate surface area is 94.1 Å². The summed E-state index contributed by atoms with van der Waals surface area (Å²) in [7, 11) is 0. The van der Waals surface area contributed by atoms with Gasteiger partial charge in [0, 0.05) is 55.9 Å². The van der Waals surface area contributed by atoms with E-state index in [1.54, 1.807) is 0 Å². The topological polar surface area (TPSA) is 178 Å². The van der Waals surface area contributed by atoms with Crippen molar-refractivity contribution >= 4 is 0 Å². The average Bonchev–Trinajstić information content (AvgIpc) is 2.33. The monoisotopic (exact) mass is 237 g/mol. The van der Waals surface area contributed by atoms with E-state index in [-0.39, 0.29) is 22.6 Å². The van der Waals surface area contributed by atoms with Crippen molar-refractivity contribution in [2.24, 2.45) is 0 Å². The van der Waals surface area contributed by atoms with E-state index in [0.29, 0.717) is 0 Å². The molecule has 8 heteroatoms. The van der Waals surface area contributed by atoms with Crippen LogP contribution in [0.3, 0.4) is 0 Å². The SMILES string of the molecule is C#N.C#N.C#N.C#N.C#N.C#N.N.[Ni]. The van der Waals surface area contributed by atoms with Crippen LogP contribution in [0.15, 0.2) is 0 Å². The molecule has 0 fully saturated rings. The molecule has 3 N–H and O–H groups in total. The first kappa shape index (κ1) is 107. The molecule has 0 aromatic heterocycles. The molecule has 0 heterocycles. The Kier molecular flexibility index (Phi) is 1030. The number of nitrogens with zero attached hydrogens (tertiary/aromatic N) is 6. The minimum Gasteiger partial charge on any atom is -0.344 e. The van der Waals surface area contributed by atoms with Gasteiger partial charge in [0.25, 0.3) is 0 Å². The van der Waals surface area contributed by atoms with Crippen LogP contribution in [0, 0.1) is 71.0 Å². The molecule has 0 unspecified atom stereocenters. The fourth-order valence-corrected chi connectivity index (χ4v) is 0. The molecule has 0 bridgehead atoms. The summed E-state index contributed by atoms with van der Waals surface area (Å²) in [6.45, 7) is 21.0. The molecule has 7 nitrogen and oxygen atoms in total. The molecule has 0 rings (SSSR count). The first-order chi connectivity index (χ1) is 6.00. The summed E-state index contributed by atoms with van der Waals surface area (Å²) in [6.07, 6.45) is 0. The second kappa shape index (κ2) is 135. The third-order valence-electron chi connectivity index (χ3n) is 0. The molecule has 0 saturated carbocycles. The Morgan fingerprint density at radius 3 is 0.357 bits per heavy atom. The molecule has 0 aromatic rings. The van der Waals surface area contributed by atoms with Crippen LogP contribution < -0.4 is 6.15 Å². The van der Waals surface area contributed by atoms with Crippen LogP contribution in [-0.4, -0.2) is 0 Å². The van der Waals surface area contributed by atoms with Crippen molar-refractivity contribution in [1.82, 2.24) is 6.15 Å². The second-order valence-corrected chi connectivity index (χ2v) is 0. The van der Waals surface area contributed by atoms with E-state index in [1.165, 1.54) is 0 Å². The minimum atomic E-state index is 0. The predicted octanol–water partition coefficient (Wildman–Crippen LogP) is 0.998. The number of hydrogen-bond acceptors (Lipinski definition) is 7. The van der Waals surface area contributed by atoms with Gasteiger partial charge in [0.2, 0.25) is 0 Å². The van der Waals surface area contributed by atoms with E-state index in [2.05, 4.69) is 39.4 Å². The molecule has 14 heavy (non-hydrogen) atoms. The maximum Gasteiger partial charge on any atom is 0.0462 e. The van der Waals surface area contributed by atoms with Crippen LogP contribution >= 0.6 is 0 Å². The van der Waals surface area contributed by atoms with Crippen LogP contribution in [0.25, 0.3) is 0 Å². The van der Waals surface area contributed by atoms with Crippen molar-refractivity contribution in [2.75, 3.05) is 0 Å². The first-order valence-electron chi connectivity index (χ1n) is 1.55. The number of nitriles is 6. The van der Waals surface area contributed by atoms with Gasteiger partial charge in [0.05, 0.1) is 0 Å². The molecule has 0 saturated heterocycles. The van der Waals surface area contributed by atoms with Crippen molar-refractivity contribution in [3.05, 3.63) is 0 Å². The van der Waals surface area contributed by atoms with Crippen molar-refractivity contribution < 1.29 is 16.5 Å². The summed E-state index contributed by atoms with van der Waals surface area (Å²) in [5, 5.41) is 39.0. The normalized spacial score (nSPS) is 0.857. The van der Waals surface area contributed by atoms with Gasteiger partial charge in [-0.1, -0.05) is 0 Å². The van der Waals surface area contributed by atoms with E-state index in [0.717, 1.165) is 0 Å². The molecular formula is C6H9N7Ni. The van der Waals surface area contributed by atoms with Crippen molar-refractivity contribution in [2.45, 2.75) is 0 Å². The van der Waals surface area contributed by atoms with Gasteiger partial charge in [-0.15, -0.1) is 0 Å². The minimum absolute atomic E-state index is 0. The zero-order valence-electron chi connectivity index (χ0n) is 7.17. The van der Waals surface area contributed by atoms with Crippen LogP contribution in [0.1, 0.15) is 0 Å². The summed E-state index contributed by atoms with van der Waals surface area (Å²) < 4.78 is 0. The summed E-state index contributed by atoms with van der Waals surface area (Å²) in [6, 6.07) is 0. The third kappa shape index (κ3) is 97.4. The Hall–Kier alpha value is -2.61. The number of hydrogen-bond donors (Lipinski definition) is 1. The van der Waals surface area contributed by atoms with Gasteiger partial charge >= 0.3 is 0 Å². The molecule has 0 atom stereocenters. The zero-order valence-corrected chi connectivity index (χ0v) is 8.16. The Morgan fingerprint density at radius 2 is 0.357 bits per heavy atom. The Morgan fingerprint density at radius 1 is 0.357 bits per heavy atom. The van der Waals surface area contributed by atoms with Crippen LogP contribution in [0.4, 0.5) is 0 Å². The van der Waals surface area contributed by atoms with Gasteiger partial charge in [0.1, 0.15) is 0 Å². The number of rotatable bonds is 0. The van der Waals surface area contributed by atoms with E-state index in [1.807, 2.05) is 0 Å². The van der Waals surface area contributed by atoms with Gasteiger partial charge in [-0.25, -0.2) is 31.6 Å². The molecule has 78 valence electrons. The van der Waals surface area contributed by atoms with E-state index in [9.17, 15) is 0 Å². The fraction of sp³-hybridized carbons (Fsp3) is 0. The van der Waals surface area contributed by atoms with Gasteiger partial charge in [-0.3, -0.25) is 0 Å². The molecular weight excluding hydrogens is 229 g/mol. The largest absolute Gasteiger partial charge is 0.344 e. The predicted molar refractivity (Wildman–Crippen MR) is 45.0 cm³/mol. The van der Waals surface area contributed by atoms with Gasteiger partial charge in [0.15, 0.2) is 0 Å². The molecule has 0 amide bonds. The molecule has 0 aromatic carbocycles. The molecule has 0 aliphatic rings.